The Balaban J connectivity index is 1.70. The molecule has 2 heterocycles. The van der Waals surface area contributed by atoms with E-state index >= 15 is 0 Å². The predicted octanol–water partition coefficient (Wildman–Crippen LogP) is 2.53. The van der Waals surface area contributed by atoms with Crippen molar-refractivity contribution in [3.05, 3.63) is 77.6 Å². The summed E-state index contributed by atoms with van der Waals surface area (Å²) in [6.45, 7) is 1.80. The summed E-state index contributed by atoms with van der Waals surface area (Å²) in [6, 6.07) is 17.6. The van der Waals surface area contributed by atoms with E-state index in [1.165, 1.54) is 12.1 Å². The second-order valence-corrected chi connectivity index (χ2v) is 7.67. The number of sulfonamides is 1. The van der Waals surface area contributed by atoms with Crippen molar-refractivity contribution in [2.75, 3.05) is 0 Å². The van der Waals surface area contributed by atoms with Gasteiger partial charge in [0.05, 0.1) is 23.5 Å². The molecular formula is C18H15N3O3S. The highest BCUT2D eigenvalue weighted by Crippen LogP contribution is 2.31. The first kappa shape index (κ1) is 15.6. The number of benzene rings is 2. The van der Waals surface area contributed by atoms with Crippen LogP contribution in [0.4, 0.5) is 0 Å². The van der Waals surface area contributed by atoms with Gasteiger partial charge in [-0.1, -0.05) is 30.3 Å². The van der Waals surface area contributed by atoms with Gasteiger partial charge in [-0.15, -0.1) is 0 Å². The molecule has 25 heavy (non-hydrogen) atoms. The summed E-state index contributed by atoms with van der Waals surface area (Å²) in [4.78, 5) is 12.5. The van der Waals surface area contributed by atoms with Crippen LogP contribution in [0.2, 0.25) is 0 Å². The number of rotatable bonds is 3. The third-order valence-corrected chi connectivity index (χ3v) is 5.94. The van der Waals surface area contributed by atoms with E-state index in [0.29, 0.717) is 5.69 Å². The zero-order chi connectivity index (χ0) is 17.6. The number of hydrogen-bond acceptors (Lipinski definition) is 4. The second-order valence-electron chi connectivity index (χ2n) is 5.84. The topological polar surface area (TPSA) is 72.3 Å². The Labute approximate surface area is 145 Å². The van der Waals surface area contributed by atoms with E-state index in [4.69, 9.17) is 0 Å². The number of carbonyl (C=O) groups excluding carboxylic acids is 1. The molecule has 0 saturated heterocycles. The fourth-order valence-corrected chi connectivity index (χ4v) is 4.52. The second kappa shape index (κ2) is 5.56. The van der Waals surface area contributed by atoms with Crippen LogP contribution in [0.15, 0.2) is 65.6 Å². The largest absolute Gasteiger partial charge is 0.269 e. The monoisotopic (exact) mass is 353 g/mol. The molecule has 0 radical (unpaired) electrons. The summed E-state index contributed by atoms with van der Waals surface area (Å²) >= 11 is 0. The van der Waals surface area contributed by atoms with Crippen LogP contribution in [0.5, 0.6) is 0 Å². The van der Waals surface area contributed by atoms with Gasteiger partial charge >= 0.3 is 0 Å². The van der Waals surface area contributed by atoms with Crippen molar-refractivity contribution in [2.45, 2.75) is 18.4 Å². The molecule has 0 spiro atoms. The highest BCUT2D eigenvalue weighted by molar-refractivity contribution is 7.90. The molecule has 1 amide bonds. The molecule has 1 aliphatic heterocycles. The number of hydrogen-bond donors (Lipinski definition) is 0. The van der Waals surface area contributed by atoms with E-state index in [1.807, 2.05) is 37.3 Å². The molecule has 0 aliphatic carbocycles. The highest BCUT2D eigenvalue weighted by Gasteiger charge is 2.41. The minimum atomic E-state index is -3.83. The van der Waals surface area contributed by atoms with Crippen molar-refractivity contribution in [2.24, 2.45) is 0 Å². The van der Waals surface area contributed by atoms with Gasteiger partial charge in [-0.2, -0.15) is 5.10 Å². The van der Waals surface area contributed by atoms with Gasteiger partial charge < -0.3 is 0 Å². The SMILES string of the molecule is Cc1cc(CN2C(=O)c3ccccc3S2(=O)=O)nn1-c1ccccc1. The van der Waals surface area contributed by atoms with Crippen LogP contribution < -0.4 is 0 Å². The Morgan fingerprint density at radius 1 is 1.00 bits per heavy atom. The van der Waals surface area contributed by atoms with Crippen molar-refractivity contribution in [1.82, 2.24) is 14.1 Å². The molecule has 0 fully saturated rings. The van der Waals surface area contributed by atoms with Crippen molar-refractivity contribution < 1.29 is 13.2 Å². The number of amides is 1. The first-order chi connectivity index (χ1) is 12.0. The van der Waals surface area contributed by atoms with Gasteiger partial charge in [-0.05, 0) is 37.3 Å². The Morgan fingerprint density at radius 3 is 2.40 bits per heavy atom. The Bertz CT molecular complexity index is 1070. The first-order valence-electron chi connectivity index (χ1n) is 7.75. The molecule has 0 bridgehead atoms. The summed E-state index contributed by atoms with van der Waals surface area (Å²) in [5, 5.41) is 4.46. The van der Waals surface area contributed by atoms with Gasteiger partial charge in [0, 0.05) is 5.69 Å². The quantitative estimate of drug-likeness (QED) is 0.725. The maximum absolute atomic E-state index is 12.6. The molecule has 0 unspecified atom stereocenters. The third kappa shape index (κ3) is 2.44. The summed E-state index contributed by atoms with van der Waals surface area (Å²) in [5.74, 6) is -0.512. The van der Waals surface area contributed by atoms with Gasteiger partial charge in [-0.3, -0.25) is 4.79 Å². The Hall–Kier alpha value is -2.93. The smallest absolute Gasteiger partial charge is 0.268 e. The molecule has 0 saturated carbocycles. The Morgan fingerprint density at radius 2 is 1.68 bits per heavy atom. The van der Waals surface area contributed by atoms with Crippen molar-refractivity contribution in [1.29, 1.82) is 0 Å². The van der Waals surface area contributed by atoms with Crippen LogP contribution in [0.3, 0.4) is 0 Å². The molecule has 7 heteroatoms. The van der Waals surface area contributed by atoms with Crippen LogP contribution in [-0.4, -0.2) is 28.4 Å². The summed E-state index contributed by atoms with van der Waals surface area (Å²) in [7, 11) is -3.83. The lowest BCUT2D eigenvalue weighted by Crippen LogP contribution is -2.29. The lowest BCUT2D eigenvalue weighted by atomic mass is 10.2. The number of aromatic nitrogens is 2. The summed E-state index contributed by atoms with van der Waals surface area (Å²) in [5.41, 5.74) is 2.47. The lowest BCUT2D eigenvalue weighted by molar-refractivity contribution is 0.0864. The molecule has 0 atom stereocenters. The van der Waals surface area contributed by atoms with Gasteiger partial charge in [0.25, 0.3) is 15.9 Å². The normalized spacial score (nSPS) is 15.4. The summed E-state index contributed by atoms with van der Waals surface area (Å²) in [6.07, 6.45) is 0. The molecule has 4 rings (SSSR count). The average Bonchev–Trinajstić information content (AvgIpc) is 3.08. The fourth-order valence-electron chi connectivity index (χ4n) is 2.98. The average molecular weight is 353 g/mol. The number of carbonyl (C=O) groups is 1. The molecule has 1 aromatic heterocycles. The van der Waals surface area contributed by atoms with E-state index in [9.17, 15) is 13.2 Å². The molecular weight excluding hydrogens is 338 g/mol. The van der Waals surface area contributed by atoms with Gasteiger partial charge in [0.1, 0.15) is 4.90 Å². The fraction of sp³-hybridized carbons (Fsp3) is 0.111. The van der Waals surface area contributed by atoms with E-state index in [2.05, 4.69) is 5.10 Å². The van der Waals surface area contributed by atoms with Crippen LogP contribution in [0.1, 0.15) is 21.7 Å². The van der Waals surface area contributed by atoms with Crippen molar-refractivity contribution in [3.8, 4) is 5.69 Å². The van der Waals surface area contributed by atoms with Crippen molar-refractivity contribution in [3.63, 3.8) is 0 Å². The number of aryl methyl sites for hydroxylation is 1. The minimum Gasteiger partial charge on any atom is -0.268 e. The predicted molar refractivity (Wildman–Crippen MR) is 91.8 cm³/mol. The van der Waals surface area contributed by atoms with Crippen LogP contribution in [-0.2, 0) is 16.6 Å². The highest BCUT2D eigenvalue weighted by atomic mass is 32.2. The van der Waals surface area contributed by atoms with E-state index in [-0.39, 0.29) is 17.0 Å². The van der Waals surface area contributed by atoms with E-state index in [0.717, 1.165) is 15.7 Å². The number of fused-ring (bicyclic) bond motifs is 1. The molecule has 2 aromatic carbocycles. The zero-order valence-corrected chi connectivity index (χ0v) is 14.3. The van der Waals surface area contributed by atoms with Gasteiger partial charge in [-0.25, -0.2) is 17.4 Å². The van der Waals surface area contributed by atoms with Crippen LogP contribution in [0.25, 0.3) is 5.69 Å². The van der Waals surface area contributed by atoms with Crippen molar-refractivity contribution >= 4 is 15.9 Å². The third-order valence-electron chi connectivity index (χ3n) is 4.16. The van der Waals surface area contributed by atoms with Gasteiger partial charge in [0.15, 0.2) is 0 Å². The zero-order valence-electron chi connectivity index (χ0n) is 13.5. The number of nitrogens with zero attached hydrogens (tertiary/aromatic N) is 3. The van der Waals surface area contributed by atoms with Gasteiger partial charge in [0.2, 0.25) is 0 Å². The molecule has 3 aromatic rings. The van der Waals surface area contributed by atoms with E-state index < -0.39 is 15.9 Å². The lowest BCUT2D eigenvalue weighted by Gasteiger charge is -2.13. The minimum absolute atomic E-state index is 0.0548. The first-order valence-corrected chi connectivity index (χ1v) is 9.19. The number of para-hydroxylation sites is 1. The maximum atomic E-state index is 12.6. The van der Waals surface area contributed by atoms with E-state index in [1.54, 1.807) is 22.9 Å². The maximum Gasteiger partial charge on any atom is 0.269 e. The molecule has 0 N–H and O–H groups in total. The molecule has 6 nitrogen and oxygen atoms in total. The van der Waals surface area contributed by atoms with Crippen LogP contribution in [0, 0.1) is 6.92 Å². The molecule has 1 aliphatic rings. The summed E-state index contributed by atoms with van der Waals surface area (Å²) < 4.78 is 27.9. The van der Waals surface area contributed by atoms with Crippen LogP contribution >= 0.6 is 0 Å². The molecule has 126 valence electrons. The Kier molecular flexibility index (Phi) is 3.47. The standard InChI is InChI=1S/C18H15N3O3S/c1-13-11-14(19-21(13)15-7-3-2-4-8-15)12-20-18(22)16-9-5-6-10-17(16)25(20,23)24/h2-11H,12H2,1H3.